The molecule has 0 spiro atoms. The predicted octanol–water partition coefficient (Wildman–Crippen LogP) is 1.07. The lowest BCUT2D eigenvalue weighted by atomic mass is 9.91. The Bertz CT molecular complexity index is 234. The normalized spacial score (nSPS) is 38.8. The van der Waals surface area contributed by atoms with Crippen LogP contribution in [-0.2, 0) is 0 Å². The minimum atomic E-state index is -0.0544. The van der Waals surface area contributed by atoms with Crippen LogP contribution in [0, 0.1) is 0 Å². The van der Waals surface area contributed by atoms with E-state index in [4.69, 9.17) is 0 Å². The van der Waals surface area contributed by atoms with E-state index in [1.54, 1.807) is 0 Å². The second-order valence-electron chi connectivity index (χ2n) is 5.72. The Morgan fingerprint density at radius 3 is 2.00 bits per heavy atom. The molecule has 3 aliphatic rings. The number of piperazine rings is 1. The summed E-state index contributed by atoms with van der Waals surface area (Å²) in [4.78, 5) is 5.19. The molecule has 1 saturated heterocycles. The van der Waals surface area contributed by atoms with Gasteiger partial charge in [0.25, 0.3) is 0 Å². The van der Waals surface area contributed by atoms with Gasteiger partial charge in [0.2, 0.25) is 0 Å². The number of hydrogen-bond donors (Lipinski definition) is 1. The van der Waals surface area contributed by atoms with Crippen LogP contribution in [0.5, 0.6) is 0 Å². The van der Waals surface area contributed by atoms with Crippen molar-refractivity contribution in [2.24, 2.45) is 0 Å². The maximum absolute atomic E-state index is 10.1. The van der Waals surface area contributed by atoms with Crippen molar-refractivity contribution in [2.45, 2.75) is 56.7 Å². The van der Waals surface area contributed by atoms with Gasteiger partial charge in [-0.05, 0) is 25.7 Å². The monoisotopic (exact) mass is 224 g/mol. The maximum atomic E-state index is 10.1. The van der Waals surface area contributed by atoms with Crippen molar-refractivity contribution in [3.8, 4) is 0 Å². The summed E-state index contributed by atoms with van der Waals surface area (Å²) in [6.07, 6.45) is 7.56. The third kappa shape index (κ3) is 2.27. The van der Waals surface area contributed by atoms with Crippen LogP contribution in [0.4, 0.5) is 0 Å². The van der Waals surface area contributed by atoms with Crippen LogP contribution in [-0.4, -0.2) is 59.3 Å². The van der Waals surface area contributed by atoms with Gasteiger partial charge in [0.15, 0.2) is 0 Å². The Morgan fingerprint density at radius 1 is 0.750 bits per heavy atom. The Balaban J connectivity index is 1.51. The molecule has 2 aliphatic carbocycles. The van der Waals surface area contributed by atoms with Gasteiger partial charge in [-0.15, -0.1) is 0 Å². The Labute approximate surface area is 98.4 Å². The summed E-state index contributed by atoms with van der Waals surface area (Å²) in [6, 6.07) is 1.38. The van der Waals surface area contributed by atoms with Gasteiger partial charge in [-0.3, -0.25) is 9.80 Å². The average Bonchev–Trinajstić information content (AvgIpc) is 3.14. The van der Waals surface area contributed by atoms with E-state index >= 15 is 0 Å². The maximum Gasteiger partial charge on any atom is 0.0695 e. The van der Waals surface area contributed by atoms with Crippen LogP contribution >= 0.6 is 0 Å². The number of aliphatic hydroxyl groups is 1. The van der Waals surface area contributed by atoms with Gasteiger partial charge < -0.3 is 5.11 Å². The molecule has 16 heavy (non-hydrogen) atoms. The standard InChI is InChI=1S/C13H24N2O/c16-13-4-2-1-3-12(13)15-9-7-14(8-10-15)11-5-6-11/h11-13,16H,1-10H2/t12-,13-/m0/s1. The average molecular weight is 224 g/mol. The van der Waals surface area contributed by atoms with Crippen LogP contribution in [0.15, 0.2) is 0 Å². The van der Waals surface area contributed by atoms with Crippen molar-refractivity contribution < 1.29 is 5.11 Å². The highest BCUT2D eigenvalue weighted by molar-refractivity contribution is 4.91. The van der Waals surface area contributed by atoms with Crippen molar-refractivity contribution in [1.82, 2.24) is 9.80 Å². The van der Waals surface area contributed by atoms with Crippen LogP contribution in [0.25, 0.3) is 0 Å². The van der Waals surface area contributed by atoms with Gasteiger partial charge >= 0.3 is 0 Å². The Morgan fingerprint density at radius 2 is 1.38 bits per heavy atom. The topological polar surface area (TPSA) is 26.7 Å². The molecule has 0 amide bonds. The molecule has 3 fully saturated rings. The fourth-order valence-corrected chi connectivity index (χ4v) is 3.39. The molecule has 3 heteroatoms. The lowest BCUT2D eigenvalue weighted by Gasteiger charge is -2.42. The molecule has 2 saturated carbocycles. The zero-order valence-corrected chi connectivity index (χ0v) is 10.1. The summed E-state index contributed by atoms with van der Waals surface area (Å²) < 4.78 is 0. The number of hydrogen-bond acceptors (Lipinski definition) is 3. The largest absolute Gasteiger partial charge is 0.391 e. The van der Waals surface area contributed by atoms with E-state index in [0.29, 0.717) is 6.04 Å². The van der Waals surface area contributed by atoms with E-state index < -0.39 is 0 Å². The van der Waals surface area contributed by atoms with Gasteiger partial charge in [-0.1, -0.05) is 12.8 Å². The van der Waals surface area contributed by atoms with Crippen molar-refractivity contribution in [3.05, 3.63) is 0 Å². The first-order chi connectivity index (χ1) is 7.84. The molecule has 1 aliphatic heterocycles. The van der Waals surface area contributed by atoms with Crippen LogP contribution in [0.2, 0.25) is 0 Å². The van der Waals surface area contributed by atoms with Crippen molar-refractivity contribution >= 4 is 0 Å². The molecule has 1 heterocycles. The predicted molar refractivity (Wildman–Crippen MR) is 64.4 cm³/mol. The third-order valence-corrected chi connectivity index (χ3v) is 4.58. The molecule has 0 bridgehead atoms. The van der Waals surface area contributed by atoms with E-state index in [9.17, 15) is 5.11 Å². The molecule has 3 nitrogen and oxygen atoms in total. The van der Waals surface area contributed by atoms with E-state index in [1.807, 2.05) is 0 Å². The zero-order chi connectivity index (χ0) is 11.0. The summed E-state index contributed by atoms with van der Waals surface area (Å²) in [6.45, 7) is 4.82. The molecule has 0 aromatic carbocycles. The number of rotatable bonds is 2. The molecule has 92 valence electrons. The molecular weight excluding hydrogens is 200 g/mol. The van der Waals surface area contributed by atoms with Gasteiger partial charge in [0, 0.05) is 38.3 Å². The lowest BCUT2D eigenvalue weighted by molar-refractivity contribution is -0.00473. The number of nitrogens with zero attached hydrogens (tertiary/aromatic N) is 2. The second kappa shape index (κ2) is 4.63. The fraction of sp³-hybridized carbons (Fsp3) is 1.00. The highest BCUT2D eigenvalue weighted by Gasteiger charge is 2.35. The molecule has 0 aromatic rings. The summed E-state index contributed by atoms with van der Waals surface area (Å²) in [5.74, 6) is 0. The first-order valence-electron chi connectivity index (χ1n) is 7.01. The van der Waals surface area contributed by atoms with Gasteiger partial charge in [0.05, 0.1) is 6.10 Å². The third-order valence-electron chi connectivity index (χ3n) is 4.58. The van der Waals surface area contributed by atoms with E-state index in [0.717, 1.165) is 12.5 Å². The van der Waals surface area contributed by atoms with Crippen LogP contribution < -0.4 is 0 Å². The summed E-state index contributed by atoms with van der Waals surface area (Å²) in [5, 5.41) is 10.1. The van der Waals surface area contributed by atoms with Crippen LogP contribution in [0.3, 0.4) is 0 Å². The summed E-state index contributed by atoms with van der Waals surface area (Å²) in [5.41, 5.74) is 0. The highest BCUT2D eigenvalue weighted by atomic mass is 16.3. The van der Waals surface area contributed by atoms with Crippen molar-refractivity contribution in [2.75, 3.05) is 26.2 Å². The first kappa shape index (κ1) is 11.0. The molecule has 1 N–H and O–H groups in total. The SMILES string of the molecule is O[C@H]1CCCC[C@@H]1N1CCN(C2CC2)CC1. The molecule has 0 radical (unpaired) electrons. The Hall–Kier alpha value is -0.120. The molecule has 0 unspecified atom stereocenters. The van der Waals surface area contributed by atoms with Gasteiger partial charge in [-0.2, -0.15) is 0 Å². The minimum Gasteiger partial charge on any atom is -0.391 e. The van der Waals surface area contributed by atoms with Gasteiger partial charge in [-0.25, -0.2) is 0 Å². The van der Waals surface area contributed by atoms with Gasteiger partial charge in [0.1, 0.15) is 0 Å². The van der Waals surface area contributed by atoms with E-state index in [1.165, 1.54) is 58.3 Å². The highest BCUT2D eigenvalue weighted by Crippen LogP contribution is 2.29. The fourth-order valence-electron chi connectivity index (χ4n) is 3.39. The van der Waals surface area contributed by atoms with E-state index in [2.05, 4.69) is 9.80 Å². The quantitative estimate of drug-likeness (QED) is 0.760. The van der Waals surface area contributed by atoms with Crippen molar-refractivity contribution in [3.63, 3.8) is 0 Å². The first-order valence-corrected chi connectivity index (χ1v) is 7.01. The Kier molecular flexibility index (Phi) is 3.18. The molecule has 3 rings (SSSR count). The lowest BCUT2D eigenvalue weighted by Crippen LogP contribution is -2.54. The van der Waals surface area contributed by atoms with E-state index in [-0.39, 0.29) is 6.10 Å². The molecule has 2 atom stereocenters. The smallest absolute Gasteiger partial charge is 0.0695 e. The minimum absolute atomic E-state index is 0.0544. The molecule has 0 aromatic heterocycles. The van der Waals surface area contributed by atoms with Crippen molar-refractivity contribution in [1.29, 1.82) is 0 Å². The number of aliphatic hydroxyl groups excluding tert-OH is 1. The zero-order valence-electron chi connectivity index (χ0n) is 10.1. The summed E-state index contributed by atoms with van der Waals surface area (Å²) in [7, 11) is 0. The molecular formula is C13H24N2O. The van der Waals surface area contributed by atoms with Crippen LogP contribution in [0.1, 0.15) is 38.5 Å². The summed E-state index contributed by atoms with van der Waals surface area (Å²) >= 11 is 0. The second-order valence-corrected chi connectivity index (χ2v) is 5.72.